The second-order valence-electron chi connectivity index (χ2n) is 6.21. The third-order valence-electron chi connectivity index (χ3n) is 3.54. The first kappa shape index (κ1) is 21.4. The number of carbonyl (C=O) groups is 1. The van der Waals surface area contributed by atoms with Gasteiger partial charge in [0, 0.05) is 23.7 Å². The molecule has 0 saturated heterocycles. The van der Waals surface area contributed by atoms with Crippen molar-refractivity contribution in [3.8, 4) is 0 Å². The van der Waals surface area contributed by atoms with Crippen LogP contribution in [-0.2, 0) is 26.2 Å². The second-order valence-corrected chi connectivity index (χ2v) is 8.42. The van der Waals surface area contributed by atoms with Crippen molar-refractivity contribution in [3.05, 3.63) is 59.1 Å². The number of nitrogens with one attached hydrogen (secondary N) is 2. The molecule has 0 aliphatic heterocycles. The normalized spacial score (nSPS) is 11.6. The molecule has 27 heavy (non-hydrogen) atoms. The van der Waals surface area contributed by atoms with Crippen LogP contribution in [0.1, 0.15) is 25.8 Å². The monoisotopic (exact) mass is 410 g/mol. The minimum Gasteiger partial charge on any atom is -0.374 e. The van der Waals surface area contributed by atoms with Gasteiger partial charge in [0.15, 0.2) is 0 Å². The van der Waals surface area contributed by atoms with E-state index in [9.17, 15) is 13.2 Å². The van der Waals surface area contributed by atoms with Gasteiger partial charge in [0.1, 0.15) is 0 Å². The number of sulfonamides is 1. The Kier molecular flexibility index (Phi) is 7.79. The number of ether oxygens (including phenoxy) is 1. The quantitative estimate of drug-likeness (QED) is 0.661. The number of hydrogen-bond acceptors (Lipinski definition) is 4. The molecule has 0 bridgehead atoms. The molecule has 6 nitrogen and oxygen atoms in total. The van der Waals surface area contributed by atoms with E-state index in [-0.39, 0.29) is 29.9 Å². The maximum absolute atomic E-state index is 12.2. The zero-order valence-corrected chi connectivity index (χ0v) is 16.8. The van der Waals surface area contributed by atoms with Crippen LogP contribution in [0.15, 0.2) is 53.4 Å². The van der Waals surface area contributed by atoms with Crippen molar-refractivity contribution >= 4 is 33.2 Å². The maximum atomic E-state index is 12.2. The third kappa shape index (κ3) is 7.30. The fourth-order valence-corrected chi connectivity index (χ4v) is 3.57. The van der Waals surface area contributed by atoms with Crippen molar-refractivity contribution < 1.29 is 17.9 Å². The Morgan fingerprint density at radius 3 is 2.59 bits per heavy atom. The van der Waals surface area contributed by atoms with Crippen LogP contribution in [0.3, 0.4) is 0 Å². The number of benzene rings is 2. The molecule has 0 radical (unpaired) electrons. The number of halogens is 1. The highest BCUT2D eigenvalue weighted by atomic mass is 35.5. The summed E-state index contributed by atoms with van der Waals surface area (Å²) in [4.78, 5) is 12.1. The van der Waals surface area contributed by atoms with E-state index in [1.165, 1.54) is 12.1 Å². The largest absolute Gasteiger partial charge is 0.374 e. The molecular weight excluding hydrogens is 388 g/mol. The lowest BCUT2D eigenvalue weighted by atomic mass is 10.2. The molecule has 0 fully saturated rings. The first-order valence-electron chi connectivity index (χ1n) is 8.52. The Hall–Kier alpha value is -1.93. The molecule has 8 heteroatoms. The molecule has 2 aromatic rings. The molecule has 0 aliphatic carbocycles. The summed E-state index contributed by atoms with van der Waals surface area (Å²) < 4.78 is 32.3. The molecule has 2 N–H and O–H groups in total. The van der Waals surface area contributed by atoms with Gasteiger partial charge in [0.05, 0.1) is 17.6 Å². The van der Waals surface area contributed by atoms with Gasteiger partial charge in [-0.2, -0.15) is 0 Å². The Morgan fingerprint density at radius 2 is 1.89 bits per heavy atom. The molecule has 1 amide bonds. The summed E-state index contributed by atoms with van der Waals surface area (Å²) in [6.07, 6.45) is 0.128. The molecular formula is C19H23ClN2O4S. The predicted octanol–water partition coefficient (Wildman–Crippen LogP) is 3.57. The average molecular weight is 411 g/mol. The molecule has 2 rings (SSSR count). The first-order valence-corrected chi connectivity index (χ1v) is 10.4. The smallest absolute Gasteiger partial charge is 0.240 e. The summed E-state index contributed by atoms with van der Waals surface area (Å²) in [7, 11) is -3.70. The molecule has 0 heterocycles. The number of rotatable bonds is 9. The van der Waals surface area contributed by atoms with Gasteiger partial charge in [0.25, 0.3) is 0 Å². The molecule has 0 spiro atoms. The summed E-state index contributed by atoms with van der Waals surface area (Å²) in [5.74, 6) is -0.286. The van der Waals surface area contributed by atoms with Crippen LogP contribution in [0, 0.1) is 0 Å². The summed E-state index contributed by atoms with van der Waals surface area (Å²) in [5.41, 5.74) is 1.59. The number of amides is 1. The highest BCUT2D eigenvalue weighted by molar-refractivity contribution is 7.89. The second kappa shape index (κ2) is 9.85. The van der Waals surface area contributed by atoms with Crippen LogP contribution in [0.4, 0.5) is 5.69 Å². The van der Waals surface area contributed by atoms with Crippen molar-refractivity contribution in [3.63, 3.8) is 0 Å². The zero-order valence-electron chi connectivity index (χ0n) is 15.2. The van der Waals surface area contributed by atoms with Gasteiger partial charge in [-0.15, -0.1) is 0 Å². The molecule has 0 aliphatic rings. The lowest BCUT2D eigenvalue weighted by Gasteiger charge is -2.10. The van der Waals surface area contributed by atoms with E-state index >= 15 is 0 Å². The maximum Gasteiger partial charge on any atom is 0.240 e. The van der Waals surface area contributed by atoms with E-state index in [0.29, 0.717) is 17.3 Å². The topological polar surface area (TPSA) is 84.5 Å². The Morgan fingerprint density at radius 1 is 1.15 bits per heavy atom. The van der Waals surface area contributed by atoms with Crippen molar-refractivity contribution in [2.45, 2.75) is 37.9 Å². The third-order valence-corrected chi connectivity index (χ3v) is 5.24. The Bertz CT molecular complexity index is 885. The van der Waals surface area contributed by atoms with Crippen LogP contribution in [0.2, 0.25) is 5.02 Å². The lowest BCUT2D eigenvalue weighted by Crippen LogP contribution is -2.27. The Balaban J connectivity index is 1.85. The number of anilines is 1. The van der Waals surface area contributed by atoms with E-state index in [4.69, 9.17) is 16.3 Å². The van der Waals surface area contributed by atoms with E-state index in [0.717, 1.165) is 5.56 Å². The Labute approximate surface area is 164 Å². The fraction of sp³-hybridized carbons (Fsp3) is 0.316. The summed E-state index contributed by atoms with van der Waals surface area (Å²) >= 11 is 5.81. The van der Waals surface area contributed by atoms with Gasteiger partial charge in [-0.1, -0.05) is 29.8 Å². The fourth-order valence-electron chi connectivity index (χ4n) is 2.24. The van der Waals surface area contributed by atoms with Crippen LogP contribution >= 0.6 is 11.6 Å². The molecule has 0 aromatic heterocycles. The zero-order chi connectivity index (χ0) is 19.9. The first-order chi connectivity index (χ1) is 12.8. The van der Waals surface area contributed by atoms with Crippen LogP contribution in [-0.4, -0.2) is 27.0 Å². The van der Waals surface area contributed by atoms with Gasteiger partial charge < -0.3 is 10.1 Å². The van der Waals surface area contributed by atoms with Gasteiger partial charge in [-0.05, 0) is 49.7 Å². The van der Waals surface area contributed by atoms with E-state index in [1.807, 2.05) is 32.0 Å². The summed E-state index contributed by atoms with van der Waals surface area (Å²) in [5, 5.41) is 3.09. The van der Waals surface area contributed by atoms with Crippen LogP contribution in [0.5, 0.6) is 0 Å². The minimum absolute atomic E-state index is 0.00647. The summed E-state index contributed by atoms with van der Waals surface area (Å²) in [6.45, 7) is 4.35. The number of hydrogen-bond donors (Lipinski definition) is 2. The van der Waals surface area contributed by atoms with Crippen LogP contribution in [0.25, 0.3) is 0 Å². The molecule has 0 saturated carbocycles. The van der Waals surface area contributed by atoms with Gasteiger partial charge in [-0.25, -0.2) is 13.1 Å². The van der Waals surface area contributed by atoms with Gasteiger partial charge in [-0.3, -0.25) is 4.79 Å². The minimum atomic E-state index is -3.70. The highest BCUT2D eigenvalue weighted by Gasteiger charge is 2.14. The van der Waals surface area contributed by atoms with Gasteiger partial charge in [0.2, 0.25) is 15.9 Å². The van der Waals surface area contributed by atoms with E-state index in [2.05, 4.69) is 10.0 Å². The molecule has 2 aromatic carbocycles. The molecule has 146 valence electrons. The van der Waals surface area contributed by atoms with Crippen LogP contribution < -0.4 is 10.0 Å². The lowest BCUT2D eigenvalue weighted by molar-refractivity contribution is -0.116. The molecule has 0 unspecified atom stereocenters. The summed E-state index contributed by atoms with van der Waals surface area (Å²) in [6, 6.07) is 13.3. The standard InChI is InChI=1S/C19H23ClN2O4S/c1-14(2)26-13-15-5-3-7-17(11-15)22-19(23)9-10-21-27(24,25)18-8-4-6-16(20)12-18/h3-8,11-12,14,21H,9-10,13H2,1-2H3,(H,22,23). The van der Waals surface area contributed by atoms with E-state index < -0.39 is 10.0 Å². The average Bonchev–Trinajstić information content (AvgIpc) is 2.60. The number of carbonyl (C=O) groups excluding carboxylic acids is 1. The predicted molar refractivity (Wildman–Crippen MR) is 106 cm³/mol. The molecule has 0 atom stereocenters. The highest BCUT2D eigenvalue weighted by Crippen LogP contribution is 2.15. The van der Waals surface area contributed by atoms with Crippen molar-refractivity contribution in [1.82, 2.24) is 4.72 Å². The van der Waals surface area contributed by atoms with E-state index in [1.54, 1.807) is 18.2 Å². The SMILES string of the molecule is CC(C)OCc1cccc(NC(=O)CCNS(=O)(=O)c2cccc(Cl)c2)c1. The van der Waals surface area contributed by atoms with Gasteiger partial charge >= 0.3 is 0 Å². The van der Waals surface area contributed by atoms with Crippen molar-refractivity contribution in [2.75, 3.05) is 11.9 Å². The van der Waals surface area contributed by atoms with Crippen molar-refractivity contribution in [1.29, 1.82) is 0 Å². The van der Waals surface area contributed by atoms with Crippen molar-refractivity contribution in [2.24, 2.45) is 0 Å².